The summed E-state index contributed by atoms with van der Waals surface area (Å²) in [4.78, 5) is 11.8. The molecule has 1 unspecified atom stereocenters. The van der Waals surface area contributed by atoms with Crippen LogP contribution in [0.1, 0.15) is 33.3 Å². The fraction of sp³-hybridized carbons (Fsp3) is 0.533. The number of benzene rings is 1. The molecule has 18 heavy (non-hydrogen) atoms. The predicted molar refractivity (Wildman–Crippen MR) is 73.8 cm³/mol. The normalized spacial score (nSPS) is 12.3. The molecule has 1 aromatic rings. The van der Waals surface area contributed by atoms with Crippen LogP contribution < -0.4 is 10.1 Å². The maximum absolute atomic E-state index is 11.8. The topological polar surface area (TPSA) is 38.3 Å². The molecule has 0 bridgehead atoms. The van der Waals surface area contributed by atoms with Gasteiger partial charge in [-0.05, 0) is 37.5 Å². The number of hydrogen-bond donors (Lipinski definition) is 1. The number of carbonyl (C=O) groups is 1. The number of nitrogens with one attached hydrogen (secondary N) is 1. The number of ether oxygens (including phenoxy) is 1. The number of carbonyl (C=O) groups excluding carboxylic acids is 1. The highest BCUT2D eigenvalue weighted by Crippen LogP contribution is 2.12. The van der Waals surface area contributed by atoms with Crippen LogP contribution in [-0.4, -0.2) is 18.6 Å². The van der Waals surface area contributed by atoms with Gasteiger partial charge in [-0.15, -0.1) is 0 Å². The average molecular weight is 249 g/mol. The molecular weight excluding hydrogens is 226 g/mol. The lowest BCUT2D eigenvalue weighted by atomic mass is 10.1. The number of hydrogen-bond acceptors (Lipinski definition) is 2. The molecular formula is C15H23NO2. The van der Waals surface area contributed by atoms with Crippen LogP contribution in [-0.2, 0) is 11.2 Å². The molecule has 3 heteroatoms. The monoisotopic (exact) mass is 249 g/mol. The van der Waals surface area contributed by atoms with E-state index in [1.54, 1.807) is 0 Å². The molecule has 1 N–H and O–H groups in total. The van der Waals surface area contributed by atoms with E-state index in [0.29, 0.717) is 18.9 Å². The number of amides is 1. The molecule has 0 aliphatic rings. The zero-order valence-corrected chi connectivity index (χ0v) is 11.7. The SMILES string of the molecule is CCOc1ccc(CC(=O)NC(C)C(C)C)cc1. The highest BCUT2D eigenvalue weighted by molar-refractivity contribution is 5.78. The summed E-state index contributed by atoms with van der Waals surface area (Å²) in [5, 5.41) is 3.00. The average Bonchev–Trinajstić information content (AvgIpc) is 2.31. The molecule has 1 rings (SSSR count). The lowest BCUT2D eigenvalue weighted by Gasteiger charge is -2.17. The summed E-state index contributed by atoms with van der Waals surface area (Å²) < 4.78 is 5.36. The van der Waals surface area contributed by atoms with Crippen molar-refractivity contribution >= 4 is 5.91 Å². The highest BCUT2D eigenvalue weighted by atomic mass is 16.5. The van der Waals surface area contributed by atoms with Gasteiger partial charge in [0.2, 0.25) is 5.91 Å². The third-order valence-electron chi connectivity index (χ3n) is 2.99. The van der Waals surface area contributed by atoms with Crippen molar-refractivity contribution < 1.29 is 9.53 Å². The highest BCUT2D eigenvalue weighted by Gasteiger charge is 2.11. The van der Waals surface area contributed by atoms with E-state index in [9.17, 15) is 4.79 Å². The Morgan fingerprint density at radius 2 is 1.83 bits per heavy atom. The minimum absolute atomic E-state index is 0.0698. The van der Waals surface area contributed by atoms with Crippen molar-refractivity contribution in [2.75, 3.05) is 6.61 Å². The summed E-state index contributed by atoms with van der Waals surface area (Å²) in [5.41, 5.74) is 1.01. The van der Waals surface area contributed by atoms with Crippen molar-refractivity contribution in [2.45, 2.75) is 40.2 Å². The summed E-state index contributed by atoms with van der Waals surface area (Å²) in [6.07, 6.45) is 0.420. The van der Waals surface area contributed by atoms with Crippen molar-refractivity contribution in [3.63, 3.8) is 0 Å². The first-order chi connectivity index (χ1) is 8.52. The maximum Gasteiger partial charge on any atom is 0.224 e. The van der Waals surface area contributed by atoms with Gasteiger partial charge in [0.1, 0.15) is 5.75 Å². The summed E-state index contributed by atoms with van der Waals surface area (Å²) in [6.45, 7) is 8.84. The van der Waals surface area contributed by atoms with Gasteiger partial charge in [0, 0.05) is 6.04 Å². The Kier molecular flexibility index (Phi) is 5.69. The molecule has 0 saturated heterocycles. The maximum atomic E-state index is 11.8. The molecule has 0 aromatic heterocycles. The van der Waals surface area contributed by atoms with Gasteiger partial charge < -0.3 is 10.1 Å². The third-order valence-corrected chi connectivity index (χ3v) is 2.99. The second-order valence-electron chi connectivity index (χ2n) is 4.85. The fourth-order valence-electron chi connectivity index (χ4n) is 1.53. The molecule has 0 fully saturated rings. The lowest BCUT2D eigenvalue weighted by Crippen LogP contribution is -2.37. The Morgan fingerprint density at radius 3 is 2.33 bits per heavy atom. The van der Waals surface area contributed by atoms with E-state index >= 15 is 0 Å². The molecule has 0 saturated carbocycles. The first-order valence-corrected chi connectivity index (χ1v) is 6.54. The summed E-state index contributed by atoms with van der Waals surface area (Å²) in [5.74, 6) is 1.37. The quantitative estimate of drug-likeness (QED) is 0.842. The molecule has 1 amide bonds. The largest absolute Gasteiger partial charge is 0.494 e. The van der Waals surface area contributed by atoms with Crippen molar-refractivity contribution in [3.05, 3.63) is 29.8 Å². The van der Waals surface area contributed by atoms with Gasteiger partial charge in [-0.25, -0.2) is 0 Å². The smallest absolute Gasteiger partial charge is 0.224 e. The molecule has 0 radical (unpaired) electrons. The molecule has 100 valence electrons. The van der Waals surface area contributed by atoms with Crippen LogP contribution in [0.15, 0.2) is 24.3 Å². The molecule has 0 heterocycles. The van der Waals surface area contributed by atoms with Gasteiger partial charge in [-0.2, -0.15) is 0 Å². The Balaban J connectivity index is 2.49. The van der Waals surface area contributed by atoms with Gasteiger partial charge >= 0.3 is 0 Å². The van der Waals surface area contributed by atoms with Crippen molar-refractivity contribution in [3.8, 4) is 5.75 Å². The van der Waals surface area contributed by atoms with Crippen LogP contribution in [0.25, 0.3) is 0 Å². The van der Waals surface area contributed by atoms with E-state index < -0.39 is 0 Å². The van der Waals surface area contributed by atoms with Gasteiger partial charge in [-0.1, -0.05) is 26.0 Å². The molecule has 0 spiro atoms. The molecule has 1 aromatic carbocycles. The van der Waals surface area contributed by atoms with Crippen LogP contribution in [0.3, 0.4) is 0 Å². The lowest BCUT2D eigenvalue weighted by molar-refractivity contribution is -0.121. The van der Waals surface area contributed by atoms with Crippen LogP contribution in [0.2, 0.25) is 0 Å². The van der Waals surface area contributed by atoms with Crippen LogP contribution in [0, 0.1) is 5.92 Å². The Bertz CT molecular complexity index is 371. The van der Waals surface area contributed by atoms with E-state index in [-0.39, 0.29) is 11.9 Å². The molecule has 0 aliphatic carbocycles. The zero-order chi connectivity index (χ0) is 13.5. The second-order valence-corrected chi connectivity index (χ2v) is 4.85. The first kappa shape index (κ1) is 14.6. The first-order valence-electron chi connectivity index (χ1n) is 6.54. The van der Waals surface area contributed by atoms with E-state index in [2.05, 4.69) is 19.2 Å². The summed E-state index contributed by atoms with van der Waals surface area (Å²) >= 11 is 0. The van der Waals surface area contributed by atoms with Crippen LogP contribution in [0.4, 0.5) is 0 Å². The Labute approximate surface area is 110 Å². The van der Waals surface area contributed by atoms with E-state index in [0.717, 1.165) is 11.3 Å². The van der Waals surface area contributed by atoms with Crippen molar-refractivity contribution in [2.24, 2.45) is 5.92 Å². The molecule has 1 atom stereocenters. The standard InChI is InChI=1S/C15H23NO2/c1-5-18-14-8-6-13(7-9-14)10-15(17)16-12(4)11(2)3/h6-9,11-12H,5,10H2,1-4H3,(H,16,17). The van der Waals surface area contributed by atoms with E-state index in [1.807, 2.05) is 38.1 Å². The number of rotatable bonds is 6. The molecule has 0 aliphatic heterocycles. The van der Waals surface area contributed by atoms with Gasteiger partial charge in [0.25, 0.3) is 0 Å². The fourth-order valence-corrected chi connectivity index (χ4v) is 1.53. The second kappa shape index (κ2) is 7.04. The third kappa shape index (κ3) is 4.78. The van der Waals surface area contributed by atoms with Gasteiger partial charge in [0.05, 0.1) is 13.0 Å². The Morgan fingerprint density at radius 1 is 1.22 bits per heavy atom. The van der Waals surface area contributed by atoms with Gasteiger partial charge in [0.15, 0.2) is 0 Å². The predicted octanol–water partition coefficient (Wildman–Crippen LogP) is 2.79. The summed E-state index contributed by atoms with van der Waals surface area (Å²) in [7, 11) is 0. The van der Waals surface area contributed by atoms with E-state index in [4.69, 9.17) is 4.74 Å². The zero-order valence-electron chi connectivity index (χ0n) is 11.7. The van der Waals surface area contributed by atoms with Crippen molar-refractivity contribution in [1.82, 2.24) is 5.32 Å². The summed E-state index contributed by atoms with van der Waals surface area (Å²) in [6, 6.07) is 7.88. The van der Waals surface area contributed by atoms with E-state index in [1.165, 1.54) is 0 Å². The van der Waals surface area contributed by atoms with Crippen LogP contribution >= 0.6 is 0 Å². The van der Waals surface area contributed by atoms with Gasteiger partial charge in [-0.3, -0.25) is 4.79 Å². The van der Waals surface area contributed by atoms with Crippen molar-refractivity contribution in [1.29, 1.82) is 0 Å². The van der Waals surface area contributed by atoms with Crippen LogP contribution in [0.5, 0.6) is 5.75 Å². The molecule has 3 nitrogen and oxygen atoms in total. The minimum atomic E-state index is 0.0698. The Hall–Kier alpha value is -1.51. The minimum Gasteiger partial charge on any atom is -0.494 e.